The van der Waals surface area contributed by atoms with Gasteiger partial charge in [-0.15, -0.1) is 0 Å². The second kappa shape index (κ2) is 7.92. The monoisotopic (exact) mass is 380 g/mol. The van der Waals surface area contributed by atoms with Gasteiger partial charge in [0.15, 0.2) is 6.10 Å². The third-order valence-corrected chi connectivity index (χ3v) is 4.84. The first-order valence-electron chi connectivity index (χ1n) is 8.40. The number of likely N-dealkylation sites (N-methyl/N-ethyl adjacent to an activating group) is 1. The molecule has 0 aliphatic carbocycles. The van der Waals surface area contributed by atoms with Gasteiger partial charge in [0.1, 0.15) is 6.61 Å². The number of amides is 4. The fourth-order valence-corrected chi connectivity index (χ4v) is 3.33. The van der Waals surface area contributed by atoms with Crippen LogP contribution in [0.5, 0.6) is 0 Å². The van der Waals surface area contributed by atoms with E-state index in [0.717, 1.165) is 0 Å². The number of nitrogens with zero attached hydrogens (tertiary/aromatic N) is 2. The number of rotatable bonds is 5. The quantitative estimate of drug-likeness (QED) is 0.772. The maximum Gasteiger partial charge on any atom is 0.319 e. The molecule has 0 spiro atoms. The van der Waals surface area contributed by atoms with E-state index >= 15 is 0 Å². The molecule has 2 fully saturated rings. The summed E-state index contributed by atoms with van der Waals surface area (Å²) >= 11 is 6.21. The van der Waals surface area contributed by atoms with Crippen molar-refractivity contribution in [2.75, 3.05) is 39.8 Å². The first-order valence-corrected chi connectivity index (χ1v) is 8.78. The van der Waals surface area contributed by atoms with Gasteiger partial charge in [-0.2, -0.15) is 0 Å². The minimum Gasteiger partial charge on any atom is -0.356 e. The van der Waals surface area contributed by atoms with Crippen molar-refractivity contribution < 1.29 is 19.1 Å². The van der Waals surface area contributed by atoms with E-state index in [-0.39, 0.29) is 24.5 Å². The Bertz CT molecular complexity index is 714. The van der Waals surface area contributed by atoms with Crippen LogP contribution in [0.3, 0.4) is 0 Å². The van der Waals surface area contributed by atoms with Crippen LogP contribution in [0.2, 0.25) is 5.02 Å². The summed E-state index contributed by atoms with van der Waals surface area (Å²) in [6.07, 6.45) is -0.885. The highest BCUT2D eigenvalue weighted by Crippen LogP contribution is 2.28. The third kappa shape index (κ3) is 3.91. The Kier molecular flexibility index (Phi) is 5.63. The summed E-state index contributed by atoms with van der Waals surface area (Å²) in [4.78, 5) is 39.5. The van der Waals surface area contributed by atoms with Gasteiger partial charge in [-0.05, 0) is 11.6 Å². The van der Waals surface area contributed by atoms with E-state index in [9.17, 15) is 14.4 Å². The predicted molar refractivity (Wildman–Crippen MR) is 94.7 cm³/mol. The predicted octanol–water partition coefficient (Wildman–Crippen LogP) is 0.380. The van der Waals surface area contributed by atoms with Crippen LogP contribution in [-0.2, 0) is 14.3 Å². The molecule has 0 bridgehead atoms. The molecule has 0 unspecified atom stereocenters. The highest BCUT2D eigenvalue weighted by atomic mass is 35.5. The molecule has 8 nitrogen and oxygen atoms in total. The number of ether oxygens (including phenoxy) is 1. The van der Waals surface area contributed by atoms with Crippen molar-refractivity contribution in [2.24, 2.45) is 0 Å². The molecule has 2 heterocycles. The van der Waals surface area contributed by atoms with Gasteiger partial charge in [0.05, 0.1) is 6.04 Å². The van der Waals surface area contributed by atoms with Gasteiger partial charge in [-0.1, -0.05) is 29.8 Å². The van der Waals surface area contributed by atoms with E-state index in [1.54, 1.807) is 41.1 Å². The van der Waals surface area contributed by atoms with Crippen molar-refractivity contribution in [2.45, 2.75) is 12.1 Å². The third-order valence-electron chi connectivity index (χ3n) is 4.50. The molecule has 1 aromatic carbocycles. The van der Waals surface area contributed by atoms with Gasteiger partial charge >= 0.3 is 6.03 Å². The lowest BCUT2D eigenvalue weighted by molar-refractivity contribution is -0.148. The SMILES string of the molecule is CN1CCN(CCNC(=O)[C@H]2OCC(=O)N[C@@H]2c2ccccc2Cl)C1=O. The van der Waals surface area contributed by atoms with Gasteiger partial charge in [0.2, 0.25) is 5.91 Å². The lowest BCUT2D eigenvalue weighted by Crippen LogP contribution is -2.53. The summed E-state index contributed by atoms with van der Waals surface area (Å²) < 4.78 is 5.46. The number of halogens is 1. The Hall–Kier alpha value is -2.32. The molecule has 9 heteroatoms. The number of hydrogen-bond acceptors (Lipinski definition) is 4. The molecule has 2 saturated heterocycles. The van der Waals surface area contributed by atoms with E-state index in [1.165, 1.54) is 0 Å². The normalized spacial score (nSPS) is 23.2. The smallest absolute Gasteiger partial charge is 0.319 e. The Balaban J connectivity index is 1.62. The average Bonchev–Trinajstić information content (AvgIpc) is 2.94. The Morgan fingerprint density at radius 3 is 2.81 bits per heavy atom. The number of nitrogens with one attached hydrogen (secondary N) is 2. The van der Waals surface area contributed by atoms with Crippen LogP contribution < -0.4 is 10.6 Å². The molecule has 0 saturated carbocycles. The molecule has 3 rings (SSSR count). The van der Waals surface area contributed by atoms with Gasteiger partial charge in [0.25, 0.3) is 5.91 Å². The number of morpholine rings is 1. The topological polar surface area (TPSA) is 91.0 Å². The van der Waals surface area contributed by atoms with Gasteiger partial charge in [-0.25, -0.2) is 4.79 Å². The van der Waals surface area contributed by atoms with Gasteiger partial charge < -0.3 is 25.2 Å². The summed E-state index contributed by atoms with van der Waals surface area (Å²) in [6, 6.07) is 6.30. The Morgan fingerprint density at radius 1 is 1.35 bits per heavy atom. The van der Waals surface area contributed by atoms with Crippen LogP contribution in [0.4, 0.5) is 4.79 Å². The van der Waals surface area contributed by atoms with E-state index in [4.69, 9.17) is 16.3 Å². The van der Waals surface area contributed by atoms with Crippen LogP contribution >= 0.6 is 11.6 Å². The summed E-state index contributed by atoms with van der Waals surface area (Å²) in [5.74, 6) is -0.653. The first kappa shape index (κ1) is 18.5. The molecule has 0 aromatic heterocycles. The summed E-state index contributed by atoms with van der Waals surface area (Å²) in [5, 5.41) is 6.00. The highest BCUT2D eigenvalue weighted by Gasteiger charge is 2.37. The molecule has 2 atom stereocenters. The lowest BCUT2D eigenvalue weighted by atomic mass is 9.99. The standard InChI is InChI=1S/C17H21ClN4O4/c1-21-8-9-22(17(21)25)7-6-19-16(24)15-14(20-13(23)10-26-15)11-4-2-3-5-12(11)18/h2-5,14-15H,6-10H2,1H3,(H,19,24)(H,20,23)/t14-,15+/m1/s1. The van der Waals surface area contributed by atoms with Crippen molar-refractivity contribution in [1.82, 2.24) is 20.4 Å². The van der Waals surface area contributed by atoms with Gasteiger partial charge in [0, 0.05) is 38.2 Å². The molecule has 1 aromatic rings. The Morgan fingerprint density at radius 2 is 2.12 bits per heavy atom. The second-order valence-corrected chi connectivity index (χ2v) is 6.69. The molecule has 4 amide bonds. The largest absolute Gasteiger partial charge is 0.356 e. The number of hydrogen-bond donors (Lipinski definition) is 2. The van der Waals surface area contributed by atoms with Crippen LogP contribution in [0.25, 0.3) is 0 Å². The minimum absolute atomic E-state index is 0.0469. The molecule has 2 aliphatic rings. The Labute approximate surface area is 156 Å². The summed E-state index contributed by atoms with van der Waals surface area (Å²) in [6.45, 7) is 1.86. The number of urea groups is 1. The number of carbonyl (C=O) groups excluding carboxylic acids is 3. The average molecular weight is 381 g/mol. The fourth-order valence-electron chi connectivity index (χ4n) is 3.07. The molecule has 0 radical (unpaired) electrons. The maximum atomic E-state index is 12.6. The van der Waals surface area contributed by atoms with Crippen molar-refractivity contribution in [3.8, 4) is 0 Å². The van der Waals surface area contributed by atoms with Crippen LogP contribution in [0.15, 0.2) is 24.3 Å². The van der Waals surface area contributed by atoms with E-state index in [0.29, 0.717) is 36.8 Å². The maximum absolute atomic E-state index is 12.6. The number of carbonyl (C=O) groups is 3. The highest BCUT2D eigenvalue weighted by molar-refractivity contribution is 6.31. The fraction of sp³-hybridized carbons (Fsp3) is 0.471. The zero-order valence-electron chi connectivity index (χ0n) is 14.4. The van der Waals surface area contributed by atoms with Crippen molar-refractivity contribution in [3.63, 3.8) is 0 Å². The van der Waals surface area contributed by atoms with E-state index in [1.807, 2.05) is 0 Å². The van der Waals surface area contributed by atoms with Gasteiger partial charge in [-0.3, -0.25) is 9.59 Å². The molecule has 2 N–H and O–H groups in total. The minimum atomic E-state index is -0.885. The van der Waals surface area contributed by atoms with E-state index in [2.05, 4.69) is 10.6 Å². The zero-order valence-corrected chi connectivity index (χ0v) is 15.2. The van der Waals surface area contributed by atoms with Crippen molar-refractivity contribution in [1.29, 1.82) is 0 Å². The van der Waals surface area contributed by atoms with Crippen LogP contribution in [0, 0.1) is 0 Å². The lowest BCUT2D eigenvalue weighted by Gasteiger charge is -2.32. The molecular weight excluding hydrogens is 360 g/mol. The van der Waals surface area contributed by atoms with Crippen molar-refractivity contribution in [3.05, 3.63) is 34.9 Å². The summed E-state index contributed by atoms with van der Waals surface area (Å²) in [5.41, 5.74) is 0.624. The molecule has 26 heavy (non-hydrogen) atoms. The first-order chi connectivity index (χ1) is 12.5. The summed E-state index contributed by atoms with van der Waals surface area (Å²) in [7, 11) is 1.74. The number of benzene rings is 1. The van der Waals surface area contributed by atoms with Crippen molar-refractivity contribution >= 4 is 29.4 Å². The molecule has 2 aliphatic heterocycles. The van der Waals surface area contributed by atoms with Crippen LogP contribution in [-0.4, -0.2) is 73.6 Å². The zero-order chi connectivity index (χ0) is 18.7. The van der Waals surface area contributed by atoms with Crippen LogP contribution in [0.1, 0.15) is 11.6 Å². The van der Waals surface area contributed by atoms with E-state index < -0.39 is 12.1 Å². The second-order valence-electron chi connectivity index (χ2n) is 6.28. The molecular formula is C17H21ClN4O4. The molecule has 140 valence electrons.